The molecule has 0 unspecified atom stereocenters. The topological polar surface area (TPSA) is 118 Å². The molecule has 1 aromatic carbocycles. The summed E-state index contributed by atoms with van der Waals surface area (Å²) in [6, 6.07) is 2.59. The molecule has 0 atom stereocenters. The second kappa shape index (κ2) is 9.76. The molecule has 0 bridgehead atoms. The third-order valence-corrected chi connectivity index (χ3v) is 11.0. The van der Waals surface area contributed by atoms with E-state index < -0.39 is 52.7 Å². The zero-order valence-electron chi connectivity index (χ0n) is 22.6. The fraction of sp³-hybridized carbons (Fsp3) is 0.385. The molecule has 2 aromatic heterocycles. The van der Waals surface area contributed by atoms with Gasteiger partial charge in [0.2, 0.25) is 16.0 Å². The average Bonchev–Trinajstić information content (AvgIpc) is 3.41. The molecule has 10 nitrogen and oxygen atoms in total. The highest BCUT2D eigenvalue weighted by Crippen LogP contribution is 2.49. The molecule has 2 fully saturated rings. The van der Waals surface area contributed by atoms with E-state index in [9.17, 15) is 25.6 Å². The van der Waals surface area contributed by atoms with Gasteiger partial charge in [-0.3, -0.25) is 8.69 Å². The van der Waals surface area contributed by atoms with E-state index in [-0.39, 0.29) is 16.9 Å². The Kier molecular flexibility index (Phi) is 6.88. The SMILES string of the molecule is C=C(c1c(F)cc(F)cc1NS(=O)(=O)c1ccn(S(=O)(=O)C(C)(C)C)c1)N1CCN(c2ncc(F)cn2)CC12CC2. The highest BCUT2D eigenvalue weighted by atomic mass is 32.2. The molecule has 0 amide bonds. The van der Waals surface area contributed by atoms with Crippen molar-refractivity contribution in [1.82, 2.24) is 18.8 Å². The zero-order chi connectivity index (χ0) is 30.0. The first-order valence-electron chi connectivity index (χ1n) is 12.7. The van der Waals surface area contributed by atoms with Gasteiger partial charge in [0.1, 0.15) is 16.5 Å². The quantitative estimate of drug-likeness (QED) is 0.430. The maximum Gasteiger partial charge on any atom is 0.263 e. The van der Waals surface area contributed by atoms with Crippen LogP contribution in [-0.2, 0) is 20.0 Å². The number of piperazine rings is 1. The first-order valence-corrected chi connectivity index (χ1v) is 15.6. The number of hydrogen-bond donors (Lipinski definition) is 1. The van der Waals surface area contributed by atoms with Crippen LogP contribution in [0.2, 0.25) is 0 Å². The van der Waals surface area contributed by atoms with Crippen molar-refractivity contribution in [2.75, 3.05) is 29.3 Å². The third kappa shape index (κ3) is 5.27. The van der Waals surface area contributed by atoms with E-state index >= 15 is 4.39 Å². The van der Waals surface area contributed by atoms with Crippen LogP contribution < -0.4 is 9.62 Å². The fourth-order valence-electron chi connectivity index (χ4n) is 4.88. The number of hydrogen-bond acceptors (Lipinski definition) is 8. The lowest BCUT2D eigenvalue weighted by Crippen LogP contribution is -2.54. The number of nitrogens with one attached hydrogen (secondary N) is 1. The maximum absolute atomic E-state index is 15.3. The number of benzene rings is 1. The van der Waals surface area contributed by atoms with Crippen LogP contribution in [0.25, 0.3) is 5.70 Å². The highest BCUT2D eigenvalue weighted by molar-refractivity contribution is 7.93. The lowest BCUT2D eigenvalue weighted by Gasteiger charge is -2.44. The number of halogens is 3. The Bertz CT molecular complexity index is 1730. The zero-order valence-corrected chi connectivity index (χ0v) is 24.2. The Morgan fingerprint density at radius 2 is 1.68 bits per heavy atom. The number of sulfonamides is 1. The summed E-state index contributed by atoms with van der Waals surface area (Å²) < 4.78 is 96.9. The van der Waals surface area contributed by atoms with Gasteiger partial charge in [-0.2, -0.15) is 0 Å². The summed E-state index contributed by atoms with van der Waals surface area (Å²) in [5, 5.41) is 0. The monoisotopic (exact) mass is 610 g/mol. The van der Waals surface area contributed by atoms with Crippen molar-refractivity contribution in [1.29, 1.82) is 0 Å². The largest absolute Gasteiger partial charge is 0.362 e. The molecular weight excluding hydrogens is 581 g/mol. The first-order chi connectivity index (χ1) is 19.0. The molecule has 3 aromatic rings. The third-order valence-electron chi connectivity index (χ3n) is 7.28. The number of aromatic nitrogens is 3. The standard InChI is InChI=1S/C26H29F3N6O4S2/c1-17(35-10-9-33(16-26(35)6-7-26)24-30-13-19(28)14-31-24)23-21(29)11-18(27)12-22(23)32-40(36,37)20-5-8-34(15-20)41(38,39)25(2,3)4/h5,8,11-15,32H,1,6-7,9-10,16H2,2-4H3. The lowest BCUT2D eigenvalue weighted by molar-refractivity contribution is 0.243. The molecule has 5 rings (SSSR count). The molecule has 3 heterocycles. The smallest absolute Gasteiger partial charge is 0.263 e. The predicted molar refractivity (Wildman–Crippen MR) is 148 cm³/mol. The minimum atomic E-state index is -4.46. The summed E-state index contributed by atoms with van der Waals surface area (Å²) in [4.78, 5) is 11.4. The Morgan fingerprint density at radius 1 is 1.02 bits per heavy atom. The van der Waals surface area contributed by atoms with E-state index in [4.69, 9.17) is 0 Å². The molecule has 0 radical (unpaired) electrons. The maximum atomic E-state index is 15.3. The Balaban J connectivity index is 1.44. The first kappa shape index (κ1) is 28.9. The van der Waals surface area contributed by atoms with Crippen LogP contribution in [0.5, 0.6) is 0 Å². The molecule has 220 valence electrons. The van der Waals surface area contributed by atoms with E-state index in [1.165, 1.54) is 20.8 Å². The fourth-order valence-corrected chi connectivity index (χ4v) is 7.11. The molecule has 41 heavy (non-hydrogen) atoms. The highest BCUT2D eigenvalue weighted by Gasteiger charge is 2.52. The van der Waals surface area contributed by atoms with Gasteiger partial charge in [-0.15, -0.1) is 0 Å². The van der Waals surface area contributed by atoms with Crippen LogP contribution in [0.1, 0.15) is 39.2 Å². The van der Waals surface area contributed by atoms with Crippen molar-refractivity contribution in [3.8, 4) is 0 Å². The molecule has 15 heteroatoms. The van der Waals surface area contributed by atoms with Gasteiger partial charge in [0.25, 0.3) is 10.0 Å². The van der Waals surface area contributed by atoms with Gasteiger partial charge in [-0.05, 0) is 45.7 Å². The molecular formula is C26H29F3N6O4S2. The molecule has 1 saturated carbocycles. The summed E-state index contributed by atoms with van der Waals surface area (Å²) in [6.07, 6.45) is 5.64. The lowest BCUT2D eigenvalue weighted by atomic mass is 10.0. The van der Waals surface area contributed by atoms with Crippen LogP contribution in [0.3, 0.4) is 0 Å². The molecule has 1 aliphatic carbocycles. The second-order valence-corrected chi connectivity index (χ2v) is 15.4. The van der Waals surface area contributed by atoms with E-state index in [0.717, 1.165) is 53.7 Å². The van der Waals surface area contributed by atoms with Crippen LogP contribution >= 0.6 is 0 Å². The molecule has 1 saturated heterocycles. The van der Waals surface area contributed by atoms with Gasteiger partial charge in [0.15, 0.2) is 5.82 Å². The van der Waals surface area contributed by atoms with E-state index in [1.807, 2.05) is 9.80 Å². The van der Waals surface area contributed by atoms with E-state index in [0.29, 0.717) is 31.6 Å². The van der Waals surface area contributed by atoms with Gasteiger partial charge in [-0.25, -0.2) is 40.0 Å². The van der Waals surface area contributed by atoms with Gasteiger partial charge >= 0.3 is 0 Å². The minimum Gasteiger partial charge on any atom is -0.362 e. The normalized spacial score (nSPS) is 17.1. The molecule has 1 aliphatic heterocycles. The second-order valence-electron chi connectivity index (χ2n) is 11.2. The van der Waals surface area contributed by atoms with Crippen molar-refractivity contribution >= 4 is 37.4 Å². The van der Waals surface area contributed by atoms with E-state index in [2.05, 4.69) is 21.3 Å². The number of anilines is 2. The van der Waals surface area contributed by atoms with E-state index in [1.54, 1.807) is 0 Å². The van der Waals surface area contributed by atoms with Crippen LogP contribution in [0.15, 0.2) is 54.5 Å². The Hall–Kier alpha value is -3.59. The van der Waals surface area contributed by atoms with Gasteiger partial charge in [0, 0.05) is 43.8 Å². The van der Waals surface area contributed by atoms with Gasteiger partial charge < -0.3 is 9.80 Å². The molecule has 2 aliphatic rings. The van der Waals surface area contributed by atoms with Crippen molar-refractivity contribution < 1.29 is 30.0 Å². The van der Waals surface area contributed by atoms with Crippen molar-refractivity contribution in [2.24, 2.45) is 0 Å². The summed E-state index contributed by atoms with van der Waals surface area (Å²) in [5.41, 5.74) is -0.915. The van der Waals surface area contributed by atoms with Crippen LogP contribution in [0, 0.1) is 17.5 Å². The van der Waals surface area contributed by atoms with Crippen molar-refractivity contribution in [3.05, 3.63) is 72.6 Å². The van der Waals surface area contributed by atoms with Crippen LogP contribution in [-0.4, -0.2) is 65.6 Å². The summed E-state index contributed by atoms with van der Waals surface area (Å²) in [5.74, 6) is -2.23. The Morgan fingerprint density at radius 3 is 2.29 bits per heavy atom. The summed E-state index contributed by atoms with van der Waals surface area (Å²) in [7, 11) is -8.38. The summed E-state index contributed by atoms with van der Waals surface area (Å²) in [6.45, 7) is 9.66. The van der Waals surface area contributed by atoms with Gasteiger partial charge in [-0.1, -0.05) is 6.58 Å². The van der Waals surface area contributed by atoms with Crippen molar-refractivity contribution in [3.63, 3.8) is 0 Å². The number of rotatable bonds is 7. The molecule has 1 N–H and O–H groups in total. The summed E-state index contributed by atoms with van der Waals surface area (Å²) >= 11 is 0. The minimum absolute atomic E-state index is 0.158. The van der Waals surface area contributed by atoms with Gasteiger partial charge in [0.05, 0.1) is 33.9 Å². The predicted octanol–water partition coefficient (Wildman–Crippen LogP) is 3.80. The van der Waals surface area contributed by atoms with Crippen LogP contribution in [0.4, 0.5) is 24.8 Å². The average molecular weight is 611 g/mol. The molecule has 1 spiro atoms. The number of nitrogens with zero attached hydrogens (tertiary/aromatic N) is 5. The Labute approximate surface area is 236 Å². The van der Waals surface area contributed by atoms with Crippen molar-refractivity contribution in [2.45, 2.75) is 48.8 Å².